The van der Waals surface area contributed by atoms with Gasteiger partial charge >= 0.3 is 0 Å². The van der Waals surface area contributed by atoms with Crippen molar-refractivity contribution in [3.8, 4) is 5.75 Å². The largest absolute Gasteiger partial charge is 0.496 e. The molecule has 1 fully saturated rings. The van der Waals surface area contributed by atoms with Crippen LogP contribution in [0.1, 0.15) is 25.3 Å². The summed E-state index contributed by atoms with van der Waals surface area (Å²) in [6.07, 6.45) is 2.45. The molecule has 0 aromatic heterocycles. The van der Waals surface area contributed by atoms with Gasteiger partial charge in [0.05, 0.1) is 11.6 Å². The summed E-state index contributed by atoms with van der Waals surface area (Å²) in [6.45, 7) is 3.37. The van der Waals surface area contributed by atoms with Crippen LogP contribution in [0, 0.1) is 0 Å². The van der Waals surface area contributed by atoms with Crippen LogP contribution in [0.25, 0.3) is 0 Å². The highest BCUT2D eigenvalue weighted by atomic mass is 79.9. The Morgan fingerprint density at radius 2 is 2.27 bits per heavy atom. The molecule has 1 heterocycles. The number of benzene rings is 1. The van der Waals surface area contributed by atoms with Gasteiger partial charge in [-0.2, -0.15) is 0 Å². The summed E-state index contributed by atoms with van der Waals surface area (Å²) in [4.78, 5) is 0. The number of methoxy groups -OCH3 is 1. The molecule has 1 saturated heterocycles. The van der Waals surface area contributed by atoms with E-state index in [1.807, 2.05) is 6.07 Å². The molecule has 3 heteroatoms. The topological polar surface area (TPSA) is 21.3 Å². The van der Waals surface area contributed by atoms with Crippen molar-refractivity contribution in [3.63, 3.8) is 0 Å². The molecule has 2 rings (SSSR count). The monoisotopic (exact) mass is 269 g/mol. The Morgan fingerprint density at radius 1 is 1.47 bits per heavy atom. The second-order valence-corrected chi connectivity index (χ2v) is 5.07. The van der Waals surface area contributed by atoms with Crippen molar-refractivity contribution in [2.45, 2.75) is 25.3 Å². The third kappa shape index (κ3) is 2.04. The molecule has 1 aliphatic rings. The van der Waals surface area contributed by atoms with E-state index in [9.17, 15) is 0 Å². The fraction of sp³-hybridized carbons (Fsp3) is 0.500. The predicted octanol–water partition coefficient (Wildman–Crippen LogP) is 3.06. The molecule has 1 unspecified atom stereocenters. The Balaban J connectivity index is 2.33. The van der Waals surface area contributed by atoms with Gasteiger partial charge in [-0.25, -0.2) is 0 Å². The predicted molar refractivity (Wildman–Crippen MR) is 65.3 cm³/mol. The van der Waals surface area contributed by atoms with Crippen LogP contribution in [0.15, 0.2) is 22.7 Å². The van der Waals surface area contributed by atoms with Crippen molar-refractivity contribution in [1.82, 2.24) is 5.32 Å². The van der Waals surface area contributed by atoms with Gasteiger partial charge < -0.3 is 10.1 Å². The van der Waals surface area contributed by atoms with Crippen molar-refractivity contribution in [1.29, 1.82) is 0 Å². The molecular weight excluding hydrogens is 254 g/mol. The lowest BCUT2D eigenvalue weighted by Crippen LogP contribution is -2.33. The SMILES string of the molecule is COc1ccc(C2(C)CCCN2)cc1Br. The summed E-state index contributed by atoms with van der Waals surface area (Å²) >= 11 is 3.53. The summed E-state index contributed by atoms with van der Waals surface area (Å²) in [6, 6.07) is 6.31. The van der Waals surface area contributed by atoms with Gasteiger partial charge in [0.1, 0.15) is 5.75 Å². The first-order valence-corrected chi connectivity index (χ1v) is 6.04. The minimum Gasteiger partial charge on any atom is -0.496 e. The molecule has 0 aliphatic carbocycles. The van der Waals surface area contributed by atoms with Crippen LogP contribution in [-0.4, -0.2) is 13.7 Å². The fourth-order valence-corrected chi connectivity index (χ4v) is 2.69. The molecule has 0 amide bonds. The van der Waals surface area contributed by atoms with Gasteiger partial charge in [-0.05, 0) is 59.9 Å². The van der Waals surface area contributed by atoms with E-state index in [1.165, 1.54) is 18.4 Å². The minimum atomic E-state index is 0.134. The average Bonchev–Trinajstić information content (AvgIpc) is 2.66. The quantitative estimate of drug-likeness (QED) is 0.891. The van der Waals surface area contributed by atoms with Gasteiger partial charge in [-0.15, -0.1) is 0 Å². The van der Waals surface area contributed by atoms with Crippen LogP contribution in [-0.2, 0) is 5.54 Å². The second-order valence-electron chi connectivity index (χ2n) is 4.21. The lowest BCUT2D eigenvalue weighted by Gasteiger charge is -2.25. The zero-order valence-electron chi connectivity index (χ0n) is 9.14. The molecular formula is C12H16BrNO. The van der Waals surface area contributed by atoms with E-state index >= 15 is 0 Å². The number of ether oxygens (including phenoxy) is 1. The van der Waals surface area contributed by atoms with Crippen molar-refractivity contribution >= 4 is 15.9 Å². The molecule has 15 heavy (non-hydrogen) atoms. The number of halogens is 1. The molecule has 2 nitrogen and oxygen atoms in total. The number of nitrogens with one attached hydrogen (secondary N) is 1. The summed E-state index contributed by atoms with van der Waals surface area (Å²) in [5, 5.41) is 3.55. The van der Waals surface area contributed by atoms with Crippen LogP contribution in [0.4, 0.5) is 0 Å². The van der Waals surface area contributed by atoms with E-state index < -0.39 is 0 Å². The molecule has 0 saturated carbocycles. The Morgan fingerprint density at radius 3 is 2.80 bits per heavy atom. The van der Waals surface area contributed by atoms with Gasteiger partial charge in [0, 0.05) is 5.54 Å². The molecule has 1 atom stereocenters. The van der Waals surface area contributed by atoms with Gasteiger partial charge in [0.25, 0.3) is 0 Å². The maximum atomic E-state index is 5.23. The first kappa shape index (κ1) is 11.0. The molecule has 82 valence electrons. The van der Waals surface area contributed by atoms with Crippen molar-refractivity contribution in [2.75, 3.05) is 13.7 Å². The summed E-state index contributed by atoms with van der Waals surface area (Å²) in [7, 11) is 1.69. The maximum absolute atomic E-state index is 5.23. The second kappa shape index (κ2) is 4.14. The number of hydrogen-bond acceptors (Lipinski definition) is 2. The van der Waals surface area contributed by atoms with Gasteiger partial charge in [-0.1, -0.05) is 6.07 Å². The molecule has 0 bridgehead atoms. The molecule has 1 aliphatic heterocycles. The van der Waals surface area contributed by atoms with Gasteiger partial charge in [0.15, 0.2) is 0 Å². The number of hydrogen-bond donors (Lipinski definition) is 1. The smallest absolute Gasteiger partial charge is 0.133 e. The first-order valence-electron chi connectivity index (χ1n) is 5.25. The minimum absolute atomic E-state index is 0.134. The Bertz CT molecular complexity index is 359. The summed E-state index contributed by atoms with van der Waals surface area (Å²) in [5.41, 5.74) is 1.46. The highest BCUT2D eigenvalue weighted by Gasteiger charge is 2.30. The van der Waals surface area contributed by atoms with Crippen LogP contribution < -0.4 is 10.1 Å². The Labute approximate surface area is 99.1 Å². The third-order valence-corrected chi connectivity index (χ3v) is 3.78. The molecule has 1 aromatic carbocycles. The van der Waals surface area contributed by atoms with Crippen LogP contribution in [0.2, 0.25) is 0 Å². The molecule has 0 radical (unpaired) electrons. The molecule has 0 spiro atoms. The molecule has 1 N–H and O–H groups in total. The Kier molecular flexibility index (Phi) is 3.03. The fourth-order valence-electron chi connectivity index (χ4n) is 2.15. The standard InChI is InChI=1S/C12H16BrNO/c1-12(6-3-7-14-12)9-4-5-11(15-2)10(13)8-9/h4-5,8,14H,3,6-7H2,1-2H3. The van der Waals surface area contributed by atoms with Crippen molar-refractivity contribution in [2.24, 2.45) is 0 Å². The van der Waals surface area contributed by atoms with Crippen molar-refractivity contribution < 1.29 is 4.74 Å². The van der Waals surface area contributed by atoms with E-state index in [-0.39, 0.29) is 5.54 Å². The van der Waals surface area contributed by atoms with E-state index in [0.29, 0.717) is 0 Å². The lowest BCUT2D eigenvalue weighted by atomic mass is 9.91. The zero-order chi connectivity index (χ0) is 10.9. The summed E-state index contributed by atoms with van der Waals surface area (Å²) in [5.74, 6) is 0.889. The molecule has 1 aromatic rings. The highest BCUT2D eigenvalue weighted by Crippen LogP contribution is 2.34. The van der Waals surface area contributed by atoms with E-state index in [1.54, 1.807) is 7.11 Å². The summed E-state index contributed by atoms with van der Waals surface area (Å²) < 4.78 is 6.25. The lowest BCUT2D eigenvalue weighted by molar-refractivity contribution is 0.408. The normalized spacial score (nSPS) is 25.5. The van der Waals surface area contributed by atoms with Crippen molar-refractivity contribution in [3.05, 3.63) is 28.2 Å². The zero-order valence-corrected chi connectivity index (χ0v) is 10.7. The third-order valence-electron chi connectivity index (χ3n) is 3.16. The Hall–Kier alpha value is -0.540. The average molecular weight is 270 g/mol. The maximum Gasteiger partial charge on any atom is 0.133 e. The first-order chi connectivity index (χ1) is 7.15. The van der Waals surface area contributed by atoms with E-state index in [2.05, 4.69) is 40.3 Å². The number of rotatable bonds is 2. The van der Waals surface area contributed by atoms with Gasteiger partial charge in [-0.3, -0.25) is 0 Å². The van der Waals surface area contributed by atoms with E-state index in [0.717, 1.165) is 16.8 Å². The van der Waals surface area contributed by atoms with Crippen LogP contribution >= 0.6 is 15.9 Å². The highest BCUT2D eigenvalue weighted by molar-refractivity contribution is 9.10. The van der Waals surface area contributed by atoms with E-state index in [4.69, 9.17) is 4.74 Å². The van der Waals surface area contributed by atoms with Crippen LogP contribution in [0.5, 0.6) is 5.75 Å². The van der Waals surface area contributed by atoms with Crippen LogP contribution in [0.3, 0.4) is 0 Å². The van der Waals surface area contributed by atoms with Gasteiger partial charge in [0.2, 0.25) is 0 Å².